The van der Waals surface area contributed by atoms with Gasteiger partial charge >= 0.3 is 0 Å². The number of nitrogens with zero attached hydrogens (tertiary/aromatic N) is 4. The molecule has 0 saturated carbocycles. The van der Waals surface area contributed by atoms with Crippen molar-refractivity contribution in [2.75, 3.05) is 36.0 Å². The summed E-state index contributed by atoms with van der Waals surface area (Å²) >= 11 is 0. The highest BCUT2D eigenvalue weighted by Gasteiger charge is 2.32. The number of carbonyl (C=O) groups excluding carboxylic acids is 2. The van der Waals surface area contributed by atoms with E-state index >= 15 is 0 Å². The Labute approximate surface area is 141 Å². The van der Waals surface area contributed by atoms with Gasteiger partial charge in [0.2, 0.25) is 17.8 Å². The lowest BCUT2D eigenvalue weighted by molar-refractivity contribution is -0.124. The fourth-order valence-corrected chi connectivity index (χ4v) is 3.39. The molecule has 2 atom stereocenters. The molecule has 2 amide bonds. The van der Waals surface area contributed by atoms with Crippen molar-refractivity contribution in [3.8, 4) is 0 Å². The molecule has 130 valence electrons. The van der Waals surface area contributed by atoms with Crippen molar-refractivity contribution in [3.05, 3.63) is 12.3 Å². The molecule has 1 aromatic heterocycles. The Morgan fingerprint density at radius 3 is 2.25 bits per heavy atom. The molecule has 2 aliphatic rings. The van der Waals surface area contributed by atoms with Crippen molar-refractivity contribution in [2.45, 2.75) is 38.8 Å². The van der Waals surface area contributed by atoms with Gasteiger partial charge in [-0.15, -0.1) is 0 Å². The van der Waals surface area contributed by atoms with E-state index in [1.807, 2.05) is 29.7 Å². The third-order valence-corrected chi connectivity index (χ3v) is 4.61. The minimum atomic E-state index is -0.249. The molecule has 24 heavy (non-hydrogen) atoms. The fraction of sp³-hybridized carbons (Fsp3) is 0.625. The molecule has 2 unspecified atom stereocenters. The highest BCUT2D eigenvalue weighted by atomic mass is 16.2. The maximum Gasteiger partial charge on any atom is 0.242 e. The first-order valence-electron chi connectivity index (χ1n) is 8.57. The average molecular weight is 332 g/mol. The van der Waals surface area contributed by atoms with Crippen LogP contribution in [0.3, 0.4) is 0 Å². The molecule has 0 radical (unpaired) electrons. The number of anilines is 2. The number of hydrogen-bond acceptors (Lipinski definition) is 6. The van der Waals surface area contributed by atoms with Gasteiger partial charge < -0.3 is 20.4 Å². The van der Waals surface area contributed by atoms with Crippen LogP contribution in [0.15, 0.2) is 12.3 Å². The average Bonchev–Trinajstić information content (AvgIpc) is 2.61. The molecule has 2 aliphatic heterocycles. The van der Waals surface area contributed by atoms with Crippen LogP contribution in [0.5, 0.6) is 0 Å². The number of piperazine rings is 2. The number of hydrogen-bond donors (Lipinski definition) is 2. The summed E-state index contributed by atoms with van der Waals surface area (Å²) in [5, 5.41) is 5.78. The molecule has 2 saturated heterocycles. The van der Waals surface area contributed by atoms with Gasteiger partial charge in [0, 0.05) is 32.4 Å². The maximum absolute atomic E-state index is 12.1. The Morgan fingerprint density at radius 1 is 1.04 bits per heavy atom. The first-order chi connectivity index (χ1) is 11.7. The fourth-order valence-electron chi connectivity index (χ4n) is 3.39. The summed E-state index contributed by atoms with van der Waals surface area (Å²) in [5.74, 6) is 1.34. The van der Waals surface area contributed by atoms with Crippen LogP contribution < -0.4 is 20.4 Å². The number of nitrogens with one attached hydrogen (secondary N) is 2. The van der Waals surface area contributed by atoms with E-state index in [9.17, 15) is 9.59 Å². The first-order valence-corrected chi connectivity index (χ1v) is 8.57. The normalized spacial score (nSPS) is 24.6. The van der Waals surface area contributed by atoms with Crippen molar-refractivity contribution < 1.29 is 9.59 Å². The molecule has 0 aromatic carbocycles. The standard InChI is InChI=1S/C16H24N6O2/c1-3-11-14(23)17-7-9-21(11)13-5-6-19-16(20-13)22-10-8-18-15(24)12(22)4-2/h5-6,11-12H,3-4,7-10H2,1-2H3,(H,17,23)(H,18,24). The van der Waals surface area contributed by atoms with Gasteiger partial charge in [-0.3, -0.25) is 9.59 Å². The molecule has 8 nitrogen and oxygen atoms in total. The van der Waals surface area contributed by atoms with Crippen LogP contribution in [-0.4, -0.2) is 60.0 Å². The summed E-state index contributed by atoms with van der Waals surface area (Å²) in [6.07, 6.45) is 3.12. The molecule has 8 heteroatoms. The van der Waals surface area contributed by atoms with E-state index < -0.39 is 0 Å². The Bertz CT molecular complexity index is 573. The smallest absolute Gasteiger partial charge is 0.242 e. The summed E-state index contributed by atoms with van der Waals surface area (Å²) in [4.78, 5) is 37.2. The lowest BCUT2D eigenvalue weighted by Crippen LogP contribution is -2.56. The van der Waals surface area contributed by atoms with Gasteiger partial charge in [0.25, 0.3) is 0 Å². The van der Waals surface area contributed by atoms with E-state index in [-0.39, 0.29) is 23.9 Å². The molecule has 1 aromatic rings. The zero-order valence-electron chi connectivity index (χ0n) is 14.2. The van der Waals surface area contributed by atoms with Crippen LogP contribution in [0.2, 0.25) is 0 Å². The largest absolute Gasteiger partial charge is 0.353 e. The van der Waals surface area contributed by atoms with Gasteiger partial charge in [-0.2, -0.15) is 4.98 Å². The van der Waals surface area contributed by atoms with Crippen LogP contribution in [-0.2, 0) is 9.59 Å². The quantitative estimate of drug-likeness (QED) is 0.801. The summed E-state index contributed by atoms with van der Waals surface area (Å²) in [6.45, 7) is 6.58. The van der Waals surface area contributed by atoms with Gasteiger partial charge in [-0.25, -0.2) is 4.98 Å². The number of rotatable bonds is 4. The molecule has 0 bridgehead atoms. The van der Waals surface area contributed by atoms with E-state index in [2.05, 4.69) is 20.6 Å². The summed E-state index contributed by atoms with van der Waals surface area (Å²) in [6, 6.07) is 1.36. The zero-order chi connectivity index (χ0) is 17.1. The second-order valence-electron chi connectivity index (χ2n) is 6.03. The van der Waals surface area contributed by atoms with Gasteiger partial charge in [-0.05, 0) is 18.9 Å². The molecule has 2 fully saturated rings. The zero-order valence-corrected chi connectivity index (χ0v) is 14.2. The molecule has 3 heterocycles. The van der Waals surface area contributed by atoms with E-state index in [1.165, 1.54) is 0 Å². The second-order valence-corrected chi connectivity index (χ2v) is 6.03. The molecule has 3 rings (SSSR count). The Morgan fingerprint density at radius 2 is 1.62 bits per heavy atom. The SMILES string of the molecule is CCC1C(=O)NCCN1c1ccnc(N2CCNC(=O)C2CC)n1. The maximum atomic E-state index is 12.1. The van der Waals surface area contributed by atoms with Crippen LogP contribution in [0.1, 0.15) is 26.7 Å². The predicted molar refractivity (Wildman–Crippen MR) is 90.9 cm³/mol. The van der Waals surface area contributed by atoms with Gasteiger partial charge in [0.05, 0.1) is 0 Å². The lowest BCUT2D eigenvalue weighted by atomic mass is 10.1. The van der Waals surface area contributed by atoms with E-state index in [0.29, 0.717) is 32.0 Å². The lowest BCUT2D eigenvalue weighted by Gasteiger charge is -2.37. The topological polar surface area (TPSA) is 90.5 Å². The summed E-state index contributed by atoms with van der Waals surface area (Å²) < 4.78 is 0. The van der Waals surface area contributed by atoms with Crippen LogP contribution in [0, 0.1) is 0 Å². The van der Waals surface area contributed by atoms with Crippen molar-refractivity contribution in [2.24, 2.45) is 0 Å². The Kier molecular flexibility index (Phi) is 4.82. The third kappa shape index (κ3) is 3.00. The number of amides is 2. The molecule has 2 N–H and O–H groups in total. The first kappa shape index (κ1) is 16.5. The Hall–Kier alpha value is -2.38. The van der Waals surface area contributed by atoms with Crippen molar-refractivity contribution in [1.29, 1.82) is 0 Å². The predicted octanol–water partition coefficient (Wildman–Crippen LogP) is -0.0938. The highest BCUT2D eigenvalue weighted by molar-refractivity contribution is 5.87. The van der Waals surface area contributed by atoms with Gasteiger partial charge in [0.1, 0.15) is 17.9 Å². The van der Waals surface area contributed by atoms with Crippen LogP contribution in [0.25, 0.3) is 0 Å². The Balaban J connectivity index is 1.88. The third-order valence-electron chi connectivity index (χ3n) is 4.61. The minimum absolute atomic E-state index is 0.0153. The molecule has 0 spiro atoms. The second kappa shape index (κ2) is 7.02. The molecular formula is C16H24N6O2. The van der Waals surface area contributed by atoms with E-state index in [1.54, 1.807) is 6.20 Å². The summed E-state index contributed by atoms with van der Waals surface area (Å²) in [5.41, 5.74) is 0. The van der Waals surface area contributed by atoms with Gasteiger partial charge in [0.15, 0.2) is 0 Å². The van der Waals surface area contributed by atoms with Crippen LogP contribution >= 0.6 is 0 Å². The van der Waals surface area contributed by atoms with Crippen molar-refractivity contribution in [3.63, 3.8) is 0 Å². The summed E-state index contributed by atoms with van der Waals surface area (Å²) in [7, 11) is 0. The van der Waals surface area contributed by atoms with Crippen molar-refractivity contribution >= 4 is 23.6 Å². The van der Waals surface area contributed by atoms with E-state index in [0.717, 1.165) is 18.8 Å². The van der Waals surface area contributed by atoms with Crippen molar-refractivity contribution in [1.82, 2.24) is 20.6 Å². The number of carbonyl (C=O) groups is 2. The highest BCUT2D eigenvalue weighted by Crippen LogP contribution is 2.22. The van der Waals surface area contributed by atoms with E-state index in [4.69, 9.17) is 0 Å². The van der Waals surface area contributed by atoms with Gasteiger partial charge in [-0.1, -0.05) is 13.8 Å². The molecular weight excluding hydrogens is 308 g/mol. The van der Waals surface area contributed by atoms with Crippen LogP contribution in [0.4, 0.5) is 11.8 Å². The minimum Gasteiger partial charge on any atom is -0.353 e. The monoisotopic (exact) mass is 332 g/mol. The number of aromatic nitrogens is 2. The molecule has 0 aliphatic carbocycles.